The van der Waals surface area contributed by atoms with Gasteiger partial charge in [0.05, 0.1) is 17.0 Å². The number of carbonyl (C=O) groups is 1. The molecule has 0 aromatic heterocycles. The second-order valence-electron chi connectivity index (χ2n) is 4.92. The second-order valence-corrected chi connectivity index (χ2v) is 6.90. The van der Waals surface area contributed by atoms with E-state index in [1.165, 1.54) is 0 Å². The van der Waals surface area contributed by atoms with E-state index in [4.69, 9.17) is 4.74 Å². The Morgan fingerprint density at radius 1 is 1.35 bits per heavy atom. The van der Waals surface area contributed by atoms with Gasteiger partial charge in [0.1, 0.15) is 5.75 Å². The smallest absolute Gasteiger partial charge is 0.182 e. The summed E-state index contributed by atoms with van der Waals surface area (Å²) in [6.07, 6.45) is 0. The van der Waals surface area contributed by atoms with Crippen molar-refractivity contribution in [3.8, 4) is 5.75 Å². The largest absolute Gasteiger partial charge is 0.496 e. The molecule has 0 amide bonds. The first-order valence-electron chi connectivity index (χ1n) is 5.69. The van der Waals surface area contributed by atoms with Gasteiger partial charge in [0.15, 0.2) is 5.78 Å². The van der Waals surface area contributed by atoms with E-state index in [1.54, 1.807) is 7.11 Å². The molecule has 0 heterocycles. The SMILES string of the molecule is COc1ccc(C(C)C)cc1C(=O)C(C)(C)Br. The summed E-state index contributed by atoms with van der Waals surface area (Å²) in [4.78, 5) is 12.3. The number of benzene rings is 1. The Morgan fingerprint density at radius 3 is 2.35 bits per heavy atom. The first-order chi connectivity index (χ1) is 7.77. The van der Waals surface area contributed by atoms with Gasteiger partial charge in [-0.3, -0.25) is 4.79 Å². The summed E-state index contributed by atoms with van der Waals surface area (Å²) in [6.45, 7) is 7.90. The number of methoxy groups -OCH3 is 1. The van der Waals surface area contributed by atoms with Crippen molar-refractivity contribution in [2.24, 2.45) is 0 Å². The fraction of sp³-hybridized carbons (Fsp3) is 0.500. The summed E-state index contributed by atoms with van der Waals surface area (Å²) in [5.74, 6) is 1.06. The van der Waals surface area contributed by atoms with Crippen molar-refractivity contribution in [1.82, 2.24) is 0 Å². The summed E-state index contributed by atoms with van der Waals surface area (Å²) in [6, 6.07) is 5.79. The Kier molecular flexibility index (Phi) is 4.36. The summed E-state index contributed by atoms with van der Waals surface area (Å²) < 4.78 is 4.68. The zero-order valence-electron chi connectivity index (χ0n) is 11.0. The average molecular weight is 299 g/mol. The molecule has 0 unspecified atom stereocenters. The van der Waals surface area contributed by atoms with Gasteiger partial charge in [-0.2, -0.15) is 0 Å². The molecule has 1 aromatic rings. The predicted octanol–water partition coefficient (Wildman–Crippen LogP) is 4.17. The number of ether oxygens (including phenoxy) is 1. The number of ketones is 1. The van der Waals surface area contributed by atoms with Crippen LogP contribution in [0, 0.1) is 0 Å². The fourth-order valence-electron chi connectivity index (χ4n) is 1.58. The zero-order valence-corrected chi connectivity index (χ0v) is 12.6. The van der Waals surface area contributed by atoms with E-state index in [-0.39, 0.29) is 5.78 Å². The first-order valence-corrected chi connectivity index (χ1v) is 6.48. The van der Waals surface area contributed by atoms with Crippen molar-refractivity contribution in [1.29, 1.82) is 0 Å². The van der Waals surface area contributed by atoms with Crippen molar-refractivity contribution in [3.63, 3.8) is 0 Å². The van der Waals surface area contributed by atoms with Gasteiger partial charge < -0.3 is 4.74 Å². The zero-order chi connectivity index (χ0) is 13.2. The minimum absolute atomic E-state index is 0.0388. The molecule has 0 spiro atoms. The number of halogens is 1. The second kappa shape index (κ2) is 5.21. The lowest BCUT2D eigenvalue weighted by atomic mass is 9.94. The molecule has 0 saturated heterocycles. The van der Waals surface area contributed by atoms with Crippen LogP contribution in [0.5, 0.6) is 5.75 Å². The standard InChI is InChI=1S/C14H19BrO2/c1-9(2)10-6-7-12(17-5)11(8-10)13(16)14(3,4)15/h6-9H,1-5H3. The Morgan fingerprint density at radius 2 is 1.94 bits per heavy atom. The van der Waals surface area contributed by atoms with Crippen molar-refractivity contribution in [3.05, 3.63) is 29.3 Å². The number of hydrogen-bond donors (Lipinski definition) is 0. The van der Waals surface area contributed by atoms with Gasteiger partial charge in [-0.25, -0.2) is 0 Å². The van der Waals surface area contributed by atoms with E-state index in [0.717, 1.165) is 5.56 Å². The van der Waals surface area contributed by atoms with Gasteiger partial charge in [0.2, 0.25) is 0 Å². The molecule has 94 valence electrons. The van der Waals surface area contributed by atoms with Crippen LogP contribution in [0.1, 0.15) is 49.5 Å². The molecule has 0 radical (unpaired) electrons. The summed E-state index contributed by atoms with van der Waals surface area (Å²) in [5, 5.41) is 0. The summed E-state index contributed by atoms with van der Waals surface area (Å²) in [5.41, 5.74) is 1.78. The number of hydrogen-bond acceptors (Lipinski definition) is 2. The first kappa shape index (κ1) is 14.2. The van der Waals surface area contributed by atoms with Crippen LogP contribution < -0.4 is 4.74 Å². The van der Waals surface area contributed by atoms with Crippen LogP contribution in [0.15, 0.2) is 18.2 Å². The molecule has 0 aliphatic rings. The Hall–Kier alpha value is -0.830. The van der Waals surface area contributed by atoms with E-state index < -0.39 is 4.32 Å². The van der Waals surface area contributed by atoms with E-state index in [1.807, 2.05) is 32.0 Å². The molecule has 3 heteroatoms. The van der Waals surface area contributed by atoms with Crippen LogP contribution in [-0.4, -0.2) is 17.2 Å². The maximum absolute atomic E-state index is 12.3. The highest BCUT2D eigenvalue weighted by Gasteiger charge is 2.28. The molecule has 0 aliphatic carbocycles. The monoisotopic (exact) mass is 298 g/mol. The molecule has 1 rings (SSSR count). The maximum Gasteiger partial charge on any atom is 0.182 e. The average Bonchev–Trinajstić information content (AvgIpc) is 2.25. The minimum Gasteiger partial charge on any atom is -0.496 e. The molecular formula is C14H19BrO2. The topological polar surface area (TPSA) is 26.3 Å². The lowest BCUT2D eigenvalue weighted by Crippen LogP contribution is -2.24. The van der Waals surface area contributed by atoms with Crippen molar-refractivity contribution >= 4 is 21.7 Å². The number of alkyl halides is 1. The lowest BCUT2D eigenvalue weighted by molar-refractivity contribution is 0.0958. The van der Waals surface area contributed by atoms with Gasteiger partial charge >= 0.3 is 0 Å². The van der Waals surface area contributed by atoms with Gasteiger partial charge in [0.25, 0.3) is 0 Å². The third-order valence-corrected chi connectivity index (χ3v) is 3.03. The highest BCUT2D eigenvalue weighted by molar-refractivity contribution is 9.10. The third-order valence-electron chi connectivity index (χ3n) is 2.67. The Balaban J connectivity index is 3.29. The minimum atomic E-state index is -0.574. The molecule has 0 atom stereocenters. The molecule has 0 fully saturated rings. The molecule has 0 aliphatic heterocycles. The van der Waals surface area contributed by atoms with Crippen molar-refractivity contribution in [2.75, 3.05) is 7.11 Å². The van der Waals surface area contributed by atoms with Crippen LogP contribution in [0.3, 0.4) is 0 Å². The van der Waals surface area contributed by atoms with E-state index in [0.29, 0.717) is 17.2 Å². The Labute approximate surface area is 111 Å². The number of Topliss-reactive ketones (excluding diaryl/α,β-unsaturated/α-hetero) is 1. The summed E-state index contributed by atoms with van der Waals surface area (Å²) >= 11 is 3.40. The van der Waals surface area contributed by atoms with Gasteiger partial charge in [-0.15, -0.1) is 0 Å². The maximum atomic E-state index is 12.3. The molecular weight excluding hydrogens is 280 g/mol. The quantitative estimate of drug-likeness (QED) is 0.616. The Bertz CT molecular complexity index is 417. The van der Waals surface area contributed by atoms with Crippen LogP contribution in [-0.2, 0) is 0 Å². The van der Waals surface area contributed by atoms with Crippen LogP contribution in [0.25, 0.3) is 0 Å². The van der Waals surface area contributed by atoms with Gasteiger partial charge in [0, 0.05) is 0 Å². The van der Waals surface area contributed by atoms with Gasteiger partial charge in [-0.05, 0) is 37.5 Å². The number of rotatable bonds is 4. The summed E-state index contributed by atoms with van der Waals surface area (Å²) in [7, 11) is 1.59. The molecule has 17 heavy (non-hydrogen) atoms. The van der Waals surface area contributed by atoms with E-state index in [9.17, 15) is 4.79 Å². The molecule has 0 bridgehead atoms. The number of carbonyl (C=O) groups excluding carboxylic acids is 1. The predicted molar refractivity (Wildman–Crippen MR) is 74.4 cm³/mol. The molecule has 0 saturated carbocycles. The third kappa shape index (κ3) is 3.32. The van der Waals surface area contributed by atoms with Crippen LogP contribution >= 0.6 is 15.9 Å². The highest BCUT2D eigenvalue weighted by atomic mass is 79.9. The molecule has 1 aromatic carbocycles. The molecule has 0 N–H and O–H groups in total. The molecule has 2 nitrogen and oxygen atoms in total. The van der Waals surface area contributed by atoms with Crippen LogP contribution in [0.4, 0.5) is 0 Å². The highest BCUT2D eigenvalue weighted by Crippen LogP contribution is 2.30. The van der Waals surface area contributed by atoms with Crippen molar-refractivity contribution in [2.45, 2.75) is 37.9 Å². The van der Waals surface area contributed by atoms with Crippen molar-refractivity contribution < 1.29 is 9.53 Å². The lowest BCUT2D eigenvalue weighted by Gasteiger charge is -2.18. The van der Waals surface area contributed by atoms with Crippen LogP contribution in [0.2, 0.25) is 0 Å². The normalized spacial score (nSPS) is 11.7. The van der Waals surface area contributed by atoms with E-state index in [2.05, 4.69) is 29.8 Å². The van der Waals surface area contributed by atoms with E-state index >= 15 is 0 Å². The van der Waals surface area contributed by atoms with Gasteiger partial charge in [-0.1, -0.05) is 35.8 Å². The fourth-order valence-corrected chi connectivity index (χ4v) is 1.80.